The first-order valence-corrected chi connectivity index (χ1v) is 27.2. The number of ether oxygens (including phenoxy) is 3. The Morgan fingerprint density at radius 1 is 0.817 bits per heavy atom. The van der Waals surface area contributed by atoms with E-state index < -0.39 is 48.9 Å². The van der Waals surface area contributed by atoms with Crippen LogP contribution < -0.4 is 18.9 Å². The summed E-state index contributed by atoms with van der Waals surface area (Å²) in [7, 11) is -6.86. The van der Waals surface area contributed by atoms with Crippen LogP contribution in [-0.2, 0) is 33.9 Å². The molecule has 6 atom stereocenters. The van der Waals surface area contributed by atoms with Crippen LogP contribution in [0.3, 0.4) is 0 Å². The number of benzene rings is 3. The van der Waals surface area contributed by atoms with Gasteiger partial charge in [-0.1, -0.05) is 102 Å². The number of esters is 1. The molecule has 71 heavy (non-hydrogen) atoms. The molecule has 2 aliphatic rings. The minimum atomic E-state index is -3.57. The Labute approximate surface area is 437 Å². The smallest absolute Gasteiger partial charge is 1.00 e. The number of nitro benzene ring substituents is 1. The van der Waals surface area contributed by atoms with Crippen molar-refractivity contribution < 1.29 is 66.2 Å². The van der Waals surface area contributed by atoms with Gasteiger partial charge in [-0.05, 0) is 117 Å². The van der Waals surface area contributed by atoms with Crippen LogP contribution in [0.2, 0.25) is 19.0 Å². The topological polar surface area (TPSA) is 176 Å². The van der Waals surface area contributed by atoms with Gasteiger partial charge in [0.25, 0.3) is 5.69 Å². The van der Waals surface area contributed by atoms with Crippen molar-refractivity contribution in [3.8, 4) is 0 Å². The van der Waals surface area contributed by atoms with Gasteiger partial charge >= 0.3 is 24.8 Å². The van der Waals surface area contributed by atoms with Crippen molar-refractivity contribution in [2.75, 3.05) is 5.75 Å². The molecular formula is C55H73BLiNO11S2. The largest absolute Gasteiger partial charge is 1.00 e. The number of sulfone groups is 2. The van der Waals surface area contributed by atoms with Gasteiger partial charge in [-0.2, -0.15) is 0 Å². The molecule has 2 saturated heterocycles. The Morgan fingerprint density at radius 2 is 1.34 bits per heavy atom. The molecule has 0 bridgehead atoms. The number of aliphatic hydroxyl groups is 1. The van der Waals surface area contributed by atoms with Gasteiger partial charge in [0.1, 0.15) is 12.8 Å². The number of nitro groups is 1. The van der Waals surface area contributed by atoms with Crippen molar-refractivity contribution in [1.29, 1.82) is 0 Å². The van der Waals surface area contributed by atoms with Gasteiger partial charge in [-0.3, -0.25) is 10.1 Å². The summed E-state index contributed by atoms with van der Waals surface area (Å²) in [6, 6.07) is 21.9. The maximum Gasteiger partial charge on any atom is 1.00 e. The third-order valence-corrected chi connectivity index (χ3v) is 15.6. The van der Waals surface area contributed by atoms with Crippen LogP contribution in [0.15, 0.2) is 166 Å². The van der Waals surface area contributed by atoms with Crippen LogP contribution in [0, 0.1) is 10.1 Å². The molecule has 16 heteroatoms. The summed E-state index contributed by atoms with van der Waals surface area (Å²) >= 11 is 0. The molecule has 5 rings (SSSR count). The molecule has 0 aliphatic carbocycles. The van der Waals surface area contributed by atoms with E-state index in [0.29, 0.717) is 62.7 Å². The van der Waals surface area contributed by atoms with E-state index in [1.165, 1.54) is 61.4 Å². The number of hydrogen-bond donors (Lipinski definition) is 1. The Hall–Kier alpha value is -4.77. The van der Waals surface area contributed by atoms with Crippen LogP contribution in [0.25, 0.3) is 0 Å². The van der Waals surface area contributed by atoms with Crippen LogP contribution in [-0.4, -0.2) is 81.9 Å². The fourth-order valence-electron chi connectivity index (χ4n) is 7.92. The summed E-state index contributed by atoms with van der Waals surface area (Å²) in [4.78, 5) is 23.5. The second-order valence-electron chi connectivity index (χ2n) is 17.8. The second kappa shape index (κ2) is 31.6. The summed E-state index contributed by atoms with van der Waals surface area (Å²) in [6.07, 6.45) is 8.53. The van der Waals surface area contributed by atoms with Gasteiger partial charge in [-0.25, -0.2) is 21.6 Å². The molecule has 2 fully saturated rings. The number of non-ortho nitro benzene ring substituents is 1. The van der Waals surface area contributed by atoms with Gasteiger partial charge in [0.05, 0.1) is 56.6 Å². The fraction of sp³-hybridized carbons (Fsp3) is 0.436. The van der Waals surface area contributed by atoms with Gasteiger partial charge in [0.15, 0.2) is 19.7 Å². The minimum Gasteiger partial charge on any atom is -1.00 e. The standard InChI is InChI=1S/C28H29NO7S.C21H28O4S.C6H15B.Li.H/c1-4-20(2)18-24(36-28(30)22-10-12-23(13-11-22)29(31)32)14-15-27-21(3)19-25(35-27)16-17-37(33,34)26-8-6-5-7-9-26;1-4-16(2)14-18(22)10-11-21-17(3)15-19(25-21)12-13-26(23,24)20-8-6-5-7-9-20;1-4-7(5-2)6-3;;/h5-13,16-17,24-25,27H,1,3,14-15,18-19H2,2H3;5-9,18-19,21-22H,1,3,10-15H2,2H3;4-6H2,1-3H3;;/q;;;+1;-1/b17-16+;;;;/t24-,25-,27?;18-,19-,21?;;;/m00.../s1. The second-order valence-corrected chi connectivity index (χ2v) is 21.7. The van der Waals surface area contributed by atoms with Gasteiger partial charge in [0.2, 0.25) is 0 Å². The van der Waals surface area contributed by atoms with E-state index in [4.69, 9.17) is 14.2 Å². The molecular weight excluding hydrogens is 932 g/mol. The quantitative estimate of drug-likeness (QED) is 0.0239. The van der Waals surface area contributed by atoms with Gasteiger partial charge in [0, 0.05) is 36.8 Å². The Balaban J connectivity index is 0.000000646. The fourth-order valence-corrected chi connectivity index (χ4v) is 10.4. The number of rotatable bonds is 23. The van der Waals surface area contributed by atoms with Crippen LogP contribution in [0.4, 0.5) is 5.69 Å². The maximum atomic E-state index is 12.7. The predicted molar refractivity (Wildman–Crippen MR) is 282 cm³/mol. The third kappa shape index (κ3) is 21.9. The number of carbonyl (C=O) groups excluding carboxylic acids is 1. The van der Waals surface area contributed by atoms with E-state index in [0.717, 1.165) is 34.4 Å². The maximum absolute atomic E-state index is 12.7. The number of nitrogens with zero attached hydrogens (tertiary/aromatic N) is 1. The van der Waals surface area contributed by atoms with Crippen molar-refractivity contribution in [1.82, 2.24) is 0 Å². The number of carbonyl (C=O) groups is 1. The average molecular weight is 1010 g/mol. The predicted octanol–water partition coefficient (Wildman–Crippen LogP) is 9.21. The molecule has 3 aromatic carbocycles. The van der Waals surface area contributed by atoms with E-state index in [2.05, 4.69) is 58.5 Å². The SMILES string of the molecule is C=C=C(C)C[C@@H](O)CCC1O[C@@H](CCS(=O)(=O)c2ccccc2)CC1=C.C=C=C(C)C[C@H](CCC1O[C@@H](/C=C/S(=O)(=O)c2ccccc2)CC1=C)OC(=O)c1ccc([N+](=O)[O-])cc1.CCB(CC)CC.[H-].[Li+]. The summed E-state index contributed by atoms with van der Waals surface area (Å²) in [6.45, 7) is 26.8. The average Bonchev–Trinajstić information content (AvgIpc) is 3.91. The monoisotopic (exact) mass is 1010 g/mol. The van der Waals surface area contributed by atoms with E-state index in [1.54, 1.807) is 48.5 Å². The Bertz CT molecular complexity index is 2540. The van der Waals surface area contributed by atoms with Crippen molar-refractivity contribution in [2.45, 2.75) is 158 Å². The summed E-state index contributed by atoms with van der Waals surface area (Å²) in [5.41, 5.74) is 9.26. The molecule has 12 nitrogen and oxygen atoms in total. The first-order chi connectivity index (χ1) is 33.2. The van der Waals surface area contributed by atoms with Crippen molar-refractivity contribution >= 4 is 38.0 Å². The van der Waals surface area contributed by atoms with E-state index in [1.807, 2.05) is 13.8 Å². The molecule has 0 saturated carbocycles. The zero-order chi connectivity index (χ0) is 51.9. The van der Waals surface area contributed by atoms with E-state index >= 15 is 0 Å². The van der Waals surface area contributed by atoms with Crippen LogP contribution >= 0.6 is 0 Å². The minimum absolute atomic E-state index is 0. The van der Waals surface area contributed by atoms with Crippen molar-refractivity contribution in [3.63, 3.8) is 0 Å². The normalized spacial score (nSPS) is 18.3. The van der Waals surface area contributed by atoms with Crippen LogP contribution in [0.5, 0.6) is 0 Å². The summed E-state index contributed by atoms with van der Waals surface area (Å²) in [5, 5.41) is 22.1. The number of aliphatic hydroxyl groups excluding tert-OH is 1. The molecule has 2 unspecified atom stereocenters. The van der Waals surface area contributed by atoms with Crippen molar-refractivity contribution in [2.24, 2.45) is 0 Å². The zero-order valence-corrected chi connectivity index (χ0v) is 44.2. The molecule has 0 amide bonds. The van der Waals surface area contributed by atoms with E-state index in [-0.39, 0.29) is 60.5 Å². The molecule has 0 radical (unpaired) electrons. The Kier molecular flexibility index (Phi) is 27.8. The third-order valence-electron chi connectivity index (χ3n) is 12.4. The molecule has 2 heterocycles. The van der Waals surface area contributed by atoms with E-state index in [9.17, 15) is 36.9 Å². The first kappa shape index (κ1) is 62.4. The molecule has 380 valence electrons. The zero-order valence-electron chi connectivity index (χ0n) is 43.6. The first-order valence-electron chi connectivity index (χ1n) is 24.0. The molecule has 1 N–H and O–H groups in total. The number of hydrogen-bond acceptors (Lipinski definition) is 11. The van der Waals surface area contributed by atoms with Crippen molar-refractivity contribution in [3.05, 3.63) is 172 Å². The molecule has 0 aromatic heterocycles. The Morgan fingerprint density at radius 3 is 1.87 bits per heavy atom. The molecule has 3 aromatic rings. The molecule has 2 aliphatic heterocycles. The summed E-state index contributed by atoms with van der Waals surface area (Å²) < 4.78 is 67.5. The molecule has 0 spiro atoms. The van der Waals surface area contributed by atoms with Gasteiger partial charge < -0.3 is 20.7 Å². The summed E-state index contributed by atoms with van der Waals surface area (Å²) in [5.74, 6) is -0.525. The van der Waals surface area contributed by atoms with Gasteiger partial charge in [-0.15, -0.1) is 11.5 Å². The van der Waals surface area contributed by atoms with Crippen LogP contribution in [0.1, 0.15) is 104 Å².